The lowest BCUT2D eigenvalue weighted by Crippen LogP contribution is -2.31. The summed E-state index contributed by atoms with van der Waals surface area (Å²) >= 11 is 12.0. The first-order chi connectivity index (χ1) is 13.5. The first kappa shape index (κ1) is 20.5. The van der Waals surface area contributed by atoms with Crippen LogP contribution in [0.1, 0.15) is 23.2 Å². The summed E-state index contributed by atoms with van der Waals surface area (Å²) in [6.45, 7) is 1.27. The first-order valence-electron chi connectivity index (χ1n) is 9.00. The smallest absolute Gasteiger partial charge is 0.251 e. The van der Waals surface area contributed by atoms with Gasteiger partial charge in [-0.25, -0.2) is 0 Å². The molecule has 2 amide bonds. The summed E-state index contributed by atoms with van der Waals surface area (Å²) in [6, 6.07) is 11.8. The van der Waals surface area contributed by atoms with Crippen LogP contribution in [-0.4, -0.2) is 37.6 Å². The van der Waals surface area contributed by atoms with Crippen LogP contribution in [0.25, 0.3) is 0 Å². The van der Waals surface area contributed by atoms with Gasteiger partial charge in [0, 0.05) is 29.4 Å². The Kier molecular flexibility index (Phi) is 7.14. The fourth-order valence-electron chi connectivity index (χ4n) is 2.85. The van der Waals surface area contributed by atoms with E-state index in [1.165, 1.54) is 0 Å². The summed E-state index contributed by atoms with van der Waals surface area (Å²) in [5, 5.41) is 9.46. The number of hydrogen-bond acceptors (Lipinski definition) is 4. The Labute approximate surface area is 173 Å². The molecule has 148 valence electrons. The number of ether oxygens (including phenoxy) is 1. The van der Waals surface area contributed by atoms with Crippen LogP contribution in [0.4, 0.5) is 11.4 Å². The highest BCUT2D eigenvalue weighted by atomic mass is 35.5. The molecule has 8 heteroatoms. The fraction of sp³-hybridized carbons (Fsp3) is 0.300. The number of amides is 2. The Balaban J connectivity index is 1.51. The van der Waals surface area contributed by atoms with Crippen molar-refractivity contribution >= 4 is 46.4 Å². The quantitative estimate of drug-likeness (QED) is 0.631. The summed E-state index contributed by atoms with van der Waals surface area (Å²) in [6.07, 6.45) is 2.09. The van der Waals surface area contributed by atoms with Crippen molar-refractivity contribution in [2.24, 2.45) is 0 Å². The molecule has 1 fully saturated rings. The number of benzene rings is 2. The molecule has 28 heavy (non-hydrogen) atoms. The van der Waals surface area contributed by atoms with Gasteiger partial charge in [0.15, 0.2) is 0 Å². The summed E-state index contributed by atoms with van der Waals surface area (Å²) < 4.78 is 5.50. The van der Waals surface area contributed by atoms with E-state index in [2.05, 4.69) is 16.0 Å². The Morgan fingerprint density at radius 2 is 2.00 bits per heavy atom. The SMILES string of the molecule is O=C(CNc1cccc(C(=O)NCC2CCCO2)c1)Nc1cc(Cl)ccc1Cl. The van der Waals surface area contributed by atoms with Gasteiger partial charge in [-0.05, 0) is 49.2 Å². The van der Waals surface area contributed by atoms with Crippen LogP contribution in [0.15, 0.2) is 42.5 Å². The molecule has 0 aliphatic carbocycles. The number of hydrogen-bond donors (Lipinski definition) is 3. The monoisotopic (exact) mass is 421 g/mol. The van der Waals surface area contributed by atoms with E-state index in [0.717, 1.165) is 19.4 Å². The molecule has 1 atom stereocenters. The van der Waals surface area contributed by atoms with Crippen molar-refractivity contribution in [1.82, 2.24) is 5.32 Å². The molecule has 3 N–H and O–H groups in total. The van der Waals surface area contributed by atoms with Gasteiger partial charge in [-0.3, -0.25) is 9.59 Å². The van der Waals surface area contributed by atoms with E-state index in [9.17, 15) is 9.59 Å². The van der Waals surface area contributed by atoms with Gasteiger partial charge in [-0.15, -0.1) is 0 Å². The summed E-state index contributed by atoms with van der Waals surface area (Å²) in [5.41, 5.74) is 1.63. The standard InChI is InChI=1S/C20H21Cl2N3O3/c21-14-6-7-17(22)18(10-14)25-19(26)12-23-15-4-1-3-13(9-15)20(27)24-11-16-5-2-8-28-16/h1,3-4,6-7,9-10,16,23H,2,5,8,11-12H2,(H,24,27)(H,25,26). The van der Waals surface area contributed by atoms with Gasteiger partial charge in [-0.2, -0.15) is 0 Å². The van der Waals surface area contributed by atoms with Crippen LogP contribution in [0.3, 0.4) is 0 Å². The second-order valence-electron chi connectivity index (χ2n) is 6.45. The Morgan fingerprint density at radius 1 is 1.14 bits per heavy atom. The molecule has 1 unspecified atom stereocenters. The number of nitrogens with one attached hydrogen (secondary N) is 3. The topological polar surface area (TPSA) is 79.5 Å². The summed E-state index contributed by atoms with van der Waals surface area (Å²) in [4.78, 5) is 24.5. The molecule has 1 heterocycles. The Hall–Kier alpha value is -2.28. The predicted octanol–water partition coefficient (Wildman–Crippen LogP) is 3.95. The van der Waals surface area contributed by atoms with Crippen molar-refractivity contribution < 1.29 is 14.3 Å². The lowest BCUT2D eigenvalue weighted by atomic mass is 10.1. The molecule has 1 saturated heterocycles. The van der Waals surface area contributed by atoms with E-state index in [-0.39, 0.29) is 24.5 Å². The molecule has 6 nitrogen and oxygen atoms in total. The molecule has 0 saturated carbocycles. The lowest BCUT2D eigenvalue weighted by Gasteiger charge is -2.12. The molecule has 0 spiro atoms. The second kappa shape index (κ2) is 9.78. The minimum atomic E-state index is -0.280. The van der Waals surface area contributed by atoms with E-state index in [0.29, 0.717) is 33.5 Å². The van der Waals surface area contributed by atoms with Gasteiger partial charge in [0.05, 0.1) is 23.4 Å². The van der Waals surface area contributed by atoms with Crippen molar-refractivity contribution in [2.45, 2.75) is 18.9 Å². The van der Waals surface area contributed by atoms with Crippen LogP contribution in [0, 0.1) is 0 Å². The molecular weight excluding hydrogens is 401 g/mol. The third-order valence-electron chi connectivity index (χ3n) is 4.29. The van der Waals surface area contributed by atoms with Crippen molar-refractivity contribution in [3.63, 3.8) is 0 Å². The molecular formula is C20H21Cl2N3O3. The number of carbonyl (C=O) groups is 2. The summed E-state index contributed by atoms with van der Waals surface area (Å²) in [5.74, 6) is -0.452. The van der Waals surface area contributed by atoms with Crippen LogP contribution >= 0.6 is 23.2 Å². The first-order valence-corrected chi connectivity index (χ1v) is 9.75. The largest absolute Gasteiger partial charge is 0.376 e. The molecule has 3 rings (SSSR count). The number of rotatable bonds is 7. The van der Waals surface area contributed by atoms with E-state index < -0.39 is 0 Å². The van der Waals surface area contributed by atoms with Gasteiger partial charge < -0.3 is 20.7 Å². The number of halogens is 2. The van der Waals surface area contributed by atoms with Crippen molar-refractivity contribution in [3.8, 4) is 0 Å². The van der Waals surface area contributed by atoms with E-state index >= 15 is 0 Å². The normalized spacial score (nSPS) is 15.9. The minimum absolute atomic E-state index is 0.0177. The zero-order chi connectivity index (χ0) is 19.9. The van der Waals surface area contributed by atoms with Crippen LogP contribution in [-0.2, 0) is 9.53 Å². The van der Waals surface area contributed by atoms with Crippen LogP contribution < -0.4 is 16.0 Å². The van der Waals surface area contributed by atoms with E-state index in [4.69, 9.17) is 27.9 Å². The van der Waals surface area contributed by atoms with Gasteiger partial charge >= 0.3 is 0 Å². The minimum Gasteiger partial charge on any atom is -0.376 e. The maximum atomic E-state index is 12.3. The highest BCUT2D eigenvalue weighted by molar-refractivity contribution is 6.35. The maximum Gasteiger partial charge on any atom is 0.251 e. The molecule has 2 aromatic rings. The highest BCUT2D eigenvalue weighted by Crippen LogP contribution is 2.25. The van der Waals surface area contributed by atoms with Gasteiger partial charge in [0.2, 0.25) is 5.91 Å². The van der Waals surface area contributed by atoms with E-state index in [1.54, 1.807) is 42.5 Å². The van der Waals surface area contributed by atoms with Gasteiger partial charge in [-0.1, -0.05) is 29.3 Å². The second-order valence-corrected chi connectivity index (χ2v) is 7.30. The van der Waals surface area contributed by atoms with Gasteiger partial charge in [0.1, 0.15) is 0 Å². The zero-order valence-corrected chi connectivity index (χ0v) is 16.6. The molecule has 1 aliphatic heterocycles. The molecule has 0 bridgehead atoms. The van der Waals surface area contributed by atoms with Crippen molar-refractivity contribution in [3.05, 3.63) is 58.1 Å². The van der Waals surface area contributed by atoms with Crippen LogP contribution in [0.5, 0.6) is 0 Å². The molecule has 2 aromatic carbocycles. The molecule has 0 radical (unpaired) electrons. The van der Waals surface area contributed by atoms with E-state index in [1.807, 2.05) is 0 Å². The maximum absolute atomic E-state index is 12.3. The highest BCUT2D eigenvalue weighted by Gasteiger charge is 2.16. The van der Waals surface area contributed by atoms with Crippen molar-refractivity contribution in [2.75, 3.05) is 30.3 Å². The Morgan fingerprint density at radius 3 is 2.79 bits per heavy atom. The van der Waals surface area contributed by atoms with Crippen molar-refractivity contribution in [1.29, 1.82) is 0 Å². The lowest BCUT2D eigenvalue weighted by molar-refractivity contribution is -0.114. The third-order valence-corrected chi connectivity index (χ3v) is 4.86. The van der Waals surface area contributed by atoms with Gasteiger partial charge in [0.25, 0.3) is 5.91 Å². The molecule has 1 aliphatic rings. The van der Waals surface area contributed by atoms with Crippen LogP contribution in [0.2, 0.25) is 10.0 Å². The number of carbonyl (C=O) groups excluding carboxylic acids is 2. The predicted molar refractivity (Wildman–Crippen MR) is 111 cm³/mol. The fourth-order valence-corrected chi connectivity index (χ4v) is 3.19. The summed E-state index contributed by atoms with van der Waals surface area (Å²) in [7, 11) is 0. The average molecular weight is 422 g/mol. The number of anilines is 2. The zero-order valence-electron chi connectivity index (χ0n) is 15.1. The molecule has 0 aromatic heterocycles. The third kappa shape index (κ3) is 5.86. The Bertz CT molecular complexity index is 854. The average Bonchev–Trinajstić information content (AvgIpc) is 3.21.